The zero-order valence-electron chi connectivity index (χ0n) is 9.97. The van der Waals surface area contributed by atoms with E-state index >= 15 is 0 Å². The van der Waals surface area contributed by atoms with E-state index in [1.54, 1.807) is 0 Å². The van der Waals surface area contributed by atoms with Gasteiger partial charge >= 0.3 is 0 Å². The molecule has 2 rings (SSSR count). The van der Waals surface area contributed by atoms with Gasteiger partial charge in [-0.25, -0.2) is 3.11 Å². The monoisotopic (exact) mass is 338 g/mol. The third-order valence-electron chi connectivity index (χ3n) is 2.80. The van der Waals surface area contributed by atoms with Gasteiger partial charge in [-0.05, 0) is 26.1 Å². The Kier molecular flexibility index (Phi) is 4.12. The Balaban J connectivity index is 2.35. The smallest absolute Gasteiger partial charge is 0.0706 e. The first-order valence-electron chi connectivity index (χ1n) is 5.59. The van der Waals surface area contributed by atoms with Gasteiger partial charge in [-0.3, -0.25) is 4.98 Å². The summed E-state index contributed by atoms with van der Waals surface area (Å²) in [5.74, 6) is 0. The maximum atomic E-state index is 4.72. The Bertz CT molecular complexity index is 483. The second kappa shape index (κ2) is 5.60. The molecule has 1 aromatic carbocycles. The average molecular weight is 338 g/mol. The van der Waals surface area contributed by atoms with E-state index in [2.05, 4.69) is 70.3 Å². The largest absolute Gasteiger partial charge is 0.251 e. The highest BCUT2D eigenvalue weighted by atomic mass is 127. The van der Waals surface area contributed by atoms with E-state index in [-0.39, 0.29) is 0 Å². The van der Waals surface area contributed by atoms with Crippen LogP contribution in [0.3, 0.4) is 0 Å². The molecule has 17 heavy (non-hydrogen) atoms. The van der Waals surface area contributed by atoms with E-state index in [0.29, 0.717) is 6.04 Å². The average Bonchev–Trinajstić information content (AvgIpc) is 2.39. The number of aromatic nitrogens is 1. The van der Waals surface area contributed by atoms with Gasteiger partial charge in [0.25, 0.3) is 0 Å². The molecule has 1 heterocycles. The second-order valence-electron chi connectivity index (χ2n) is 4.01. The van der Waals surface area contributed by atoms with Gasteiger partial charge in [0.05, 0.1) is 17.4 Å². The van der Waals surface area contributed by atoms with Gasteiger partial charge in [-0.15, -0.1) is 0 Å². The van der Waals surface area contributed by atoms with Gasteiger partial charge in [-0.2, -0.15) is 0 Å². The van der Waals surface area contributed by atoms with Gasteiger partial charge in [0.1, 0.15) is 0 Å². The van der Waals surface area contributed by atoms with Gasteiger partial charge < -0.3 is 0 Å². The summed E-state index contributed by atoms with van der Waals surface area (Å²) < 4.78 is 2.13. The third kappa shape index (κ3) is 3.04. The summed E-state index contributed by atoms with van der Waals surface area (Å²) in [6.45, 7) is 2.16. The first-order valence-corrected chi connectivity index (χ1v) is 6.56. The highest BCUT2D eigenvalue weighted by molar-refractivity contribution is 14.1. The van der Waals surface area contributed by atoms with Crippen molar-refractivity contribution in [2.75, 3.05) is 7.05 Å². The van der Waals surface area contributed by atoms with E-state index < -0.39 is 0 Å². The highest BCUT2D eigenvalue weighted by Crippen LogP contribution is 2.23. The fourth-order valence-corrected chi connectivity index (χ4v) is 1.92. The molecule has 88 valence electrons. The summed E-state index contributed by atoms with van der Waals surface area (Å²) in [4.78, 5) is 4.72. The summed E-state index contributed by atoms with van der Waals surface area (Å²) in [6, 6.07) is 16.8. The molecule has 0 bridgehead atoms. The number of halogens is 1. The molecule has 2 aromatic rings. The van der Waals surface area contributed by atoms with E-state index in [1.165, 1.54) is 0 Å². The lowest BCUT2D eigenvalue weighted by Gasteiger charge is -2.17. The molecule has 3 heteroatoms. The zero-order chi connectivity index (χ0) is 12.3. The van der Waals surface area contributed by atoms with Crippen molar-refractivity contribution in [2.45, 2.75) is 13.0 Å². The van der Waals surface area contributed by atoms with Gasteiger partial charge in [-0.1, -0.05) is 36.4 Å². The van der Waals surface area contributed by atoms with Crippen molar-refractivity contribution in [1.82, 2.24) is 8.10 Å². The van der Waals surface area contributed by atoms with Crippen LogP contribution in [0.4, 0.5) is 0 Å². The van der Waals surface area contributed by atoms with E-state index in [1.807, 2.05) is 18.2 Å². The summed E-state index contributed by atoms with van der Waals surface area (Å²) in [7, 11) is 2.06. The molecule has 0 aliphatic rings. The molecule has 0 unspecified atom stereocenters. The predicted molar refractivity (Wildman–Crippen MR) is 79.9 cm³/mol. The van der Waals surface area contributed by atoms with Crippen molar-refractivity contribution in [3.63, 3.8) is 0 Å². The normalized spacial score (nSPS) is 12.7. The Morgan fingerprint density at radius 3 is 2.41 bits per heavy atom. The fourth-order valence-electron chi connectivity index (χ4n) is 1.64. The molecule has 0 saturated heterocycles. The summed E-state index contributed by atoms with van der Waals surface area (Å²) in [6.07, 6.45) is 0. The lowest BCUT2D eigenvalue weighted by Crippen LogP contribution is -2.11. The van der Waals surface area contributed by atoms with Gasteiger partial charge in [0.15, 0.2) is 0 Å². The summed E-state index contributed by atoms with van der Waals surface area (Å²) in [5.41, 5.74) is 3.30. The Morgan fingerprint density at radius 1 is 1.06 bits per heavy atom. The van der Waals surface area contributed by atoms with Crippen molar-refractivity contribution in [3.05, 3.63) is 54.2 Å². The second-order valence-corrected chi connectivity index (χ2v) is 5.54. The van der Waals surface area contributed by atoms with Gasteiger partial charge in [0, 0.05) is 28.4 Å². The van der Waals surface area contributed by atoms with Crippen LogP contribution >= 0.6 is 22.9 Å². The van der Waals surface area contributed by atoms with Crippen LogP contribution in [-0.4, -0.2) is 15.1 Å². The molecule has 0 spiro atoms. The highest BCUT2D eigenvalue weighted by Gasteiger charge is 2.11. The van der Waals surface area contributed by atoms with Crippen LogP contribution in [0.2, 0.25) is 0 Å². The molecule has 0 amide bonds. The van der Waals surface area contributed by atoms with Crippen LogP contribution in [0, 0.1) is 0 Å². The SMILES string of the molecule is C[C@H](c1cccc(-c2ccccc2)n1)N(C)I. The van der Waals surface area contributed by atoms with E-state index in [0.717, 1.165) is 17.0 Å². The Labute approximate surface area is 116 Å². The lowest BCUT2D eigenvalue weighted by molar-refractivity contribution is 0.479. The minimum absolute atomic E-state index is 0.319. The van der Waals surface area contributed by atoms with Crippen LogP contribution in [0.5, 0.6) is 0 Å². The lowest BCUT2D eigenvalue weighted by atomic mass is 10.1. The van der Waals surface area contributed by atoms with Crippen molar-refractivity contribution >= 4 is 22.9 Å². The molecule has 0 N–H and O–H groups in total. The molecule has 2 nitrogen and oxygen atoms in total. The van der Waals surface area contributed by atoms with Crippen LogP contribution in [0.1, 0.15) is 18.7 Å². The molecule has 0 saturated carbocycles. The van der Waals surface area contributed by atoms with E-state index in [4.69, 9.17) is 4.98 Å². The molecule has 1 aromatic heterocycles. The molecular weight excluding hydrogens is 323 g/mol. The van der Waals surface area contributed by atoms with Crippen LogP contribution in [0.15, 0.2) is 48.5 Å². The van der Waals surface area contributed by atoms with Crippen molar-refractivity contribution in [1.29, 1.82) is 0 Å². The van der Waals surface area contributed by atoms with Crippen molar-refractivity contribution in [3.8, 4) is 11.3 Å². The fraction of sp³-hybridized carbons (Fsp3) is 0.214. The minimum atomic E-state index is 0.319. The molecule has 0 fully saturated rings. The molecule has 0 radical (unpaired) electrons. The maximum absolute atomic E-state index is 4.72. The summed E-state index contributed by atoms with van der Waals surface area (Å²) in [5, 5.41) is 0. The number of nitrogens with zero attached hydrogens (tertiary/aromatic N) is 2. The quantitative estimate of drug-likeness (QED) is 0.619. The number of benzene rings is 1. The van der Waals surface area contributed by atoms with Gasteiger partial charge in [0.2, 0.25) is 0 Å². The van der Waals surface area contributed by atoms with E-state index in [9.17, 15) is 0 Å². The topological polar surface area (TPSA) is 16.1 Å². The van der Waals surface area contributed by atoms with Crippen molar-refractivity contribution < 1.29 is 0 Å². The standard InChI is InChI=1S/C14H15IN2/c1-11(17(2)15)13-9-6-10-14(16-13)12-7-4-3-5-8-12/h3-11H,1-2H3/t11-/m1/s1. The molecule has 1 atom stereocenters. The van der Waals surface area contributed by atoms with Crippen LogP contribution in [-0.2, 0) is 0 Å². The van der Waals surface area contributed by atoms with Crippen LogP contribution in [0.25, 0.3) is 11.3 Å². The number of pyridine rings is 1. The summed E-state index contributed by atoms with van der Waals surface area (Å²) >= 11 is 2.29. The Hall–Kier alpha value is -0.940. The van der Waals surface area contributed by atoms with Crippen LogP contribution < -0.4 is 0 Å². The predicted octanol–water partition coefficient (Wildman–Crippen LogP) is 4.09. The number of hydrogen-bond acceptors (Lipinski definition) is 2. The first-order chi connectivity index (χ1) is 8.18. The molecular formula is C14H15IN2. The zero-order valence-corrected chi connectivity index (χ0v) is 12.1. The number of rotatable bonds is 3. The Morgan fingerprint density at radius 2 is 1.76 bits per heavy atom. The third-order valence-corrected chi connectivity index (χ3v) is 3.64. The molecule has 0 aliphatic carbocycles. The molecule has 0 aliphatic heterocycles. The minimum Gasteiger partial charge on any atom is -0.251 e. The van der Waals surface area contributed by atoms with Crippen molar-refractivity contribution in [2.24, 2.45) is 0 Å². The maximum Gasteiger partial charge on any atom is 0.0706 e. The first kappa shape index (κ1) is 12.5. The number of hydrogen-bond donors (Lipinski definition) is 0.